The highest BCUT2D eigenvalue weighted by Crippen LogP contribution is 2.42. The number of fused-ring (bicyclic) bond motifs is 2. The quantitative estimate of drug-likeness (QED) is 0.267. The third kappa shape index (κ3) is 5.25. The smallest absolute Gasteiger partial charge is 0.336 e. The van der Waals surface area contributed by atoms with Crippen LogP contribution < -0.4 is 25.9 Å². The van der Waals surface area contributed by atoms with Crippen molar-refractivity contribution in [3.05, 3.63) is 71.1 Å². The molecule has 202 valence electrons. The van der Waals surface area contributed by atoms with E-state index in [0.717, 1.165) is 53.2 Å². The van der Waals surface area contributed by atoms with Crippen LogP contribution in [0.25, 0.3) is 33.4 Å². The molecule has 0 unspecified atom stereocenters. The zero-order valence-corrected chi connectivity index (χ0v) is 22.8. The Morgan fingerprint density at radius 1 is 0.974 bits per heavy atom. The monoisotopic (exact) mass is 527 g/mol. The summed E-state index contributed by atoms with van der Waals surface area (Å²) < 4.78 is 8.36. The molecule has 0 atom stereocenters. The first-order valence-electron chi connectivity index (χ1n) is 13.2. The summed E-state index contributed by atoms with van der Waals surface area (Å²) in [6.45, 7) is 0. The maximum Gasteiger partial charge on any atom is 0.336 e. The summed E-state index contributed by atoms with van der Waals surface area (Å²) >= 11 is 0. The first kappa shape index (κ1) is 26.4. The van der Waals surface area contributed by atoms with E-state index in [4.69, 9.17) is 10.2 Å². The summed E-state index contributed by atoms with van der Waals surface area (Å²) in [5, 5.41) is 15.1. The molecule has 39 heavy (non-hydrogen) atoms. The number of nitrogens with two attached hydrogens (primary N) is 1. The van der Waals surface area contributed by atoms with E-state index in [-0.39, 0.29) is 23.6 Å². The van der Waals surface area contributed by atoms with E-state index in [1.54, 1.807) is 12.1 Å². The highest BCUT2D eigenvalue weighted by Gasteiger charge is 2.25. The molecule has 0 spiro atoms. The average molecular weight is 528 g/mol. The van der Waals surface area contributed by atoms with Gasteiger partial charge in [-0.15, -0.1) is 0 Å². The molecule has 2 aromatic carbocycles. The number of benzene rings is 3. The van der Waals surface area contributed by atoms with E-state index in [9.17, 15) is 14.7 Å². The van der Waals surface area contributed by atoms with E-state index in [2.05, 4.69) is 5.32 Å². The first-order valence-corrected chi connectivity index (χ1v) is 13.2. The highest BCUT2D eigenvalue weighted by molar-refractivity contribution is 6.09. The van der Waals surface area contributed by atoms with Crippen LogP contribution in [0.1, 0.15) is 46.4 Å². The zero-order chi connectivity index (χ0) is 27.8. The molecule has 0 bridgehead atoms. The van der Waals surface area contributed by atoms with Gasteiger partial charge in [-0.05, 0) is 61.6 Å². The van der Waals surface area contributed by atoms with Gasteiger partial charge in [-0.1, -0.05) is 6.07 Å². The summed E-state index contributed by atoms with van der Waals surface area (Å²) in [6, 6.07) is 17.0. The Hall–Kier alpha value is -4.17. The summed E-state index contributed by atoms with van der Waals surface area (Å²) in [7, 11) is 7.84. The Balaban J connectivity index is 1.67. The van der Waals surface area contributed by atoms with Gasteiger partial charge >= 0.3 is 5.97 Å². The van der Waals surface area contributed by atoms with Gasteiger partial charge in [0.1, 0.15) is 25.4 Å². The molecule has 2 aliphatic carbocycles. The van der Waals surface area contributed by atoms with Gasteiger partial charge in [0.15, 0.2) is 0 Å². The van der Waals surface area contributed by atoms with Gasteiger partial charge in [0.05, 0.1) is 11.6 Å². The fourth-order valence-electron chi connectivity index (χ4n) is 5.33. The van der Waals surface area contributed by atoms with E-state index < -0.39 is 5.97 Å². The molecule has 5 rings (SSSR count). The van der Waals surface area contributed by atoms with Crippen LogP contribution in [0.15, 0.2) is 59.0 Å². The number of nitrogens with zero attached hydrogens (tertiary/aromatic N) is 2. The number of nitrogens with one attached hydrogen (secondary N) is 1. The van der Waals surface area contributed by atoms with Crippen molar-refractivity contribution in [3.8, 4) is 22.5 Å². The van der Waals surface area contributed by atoms with Crippen LogP contribution in [0.2, 0.25) is 0 Å². The fraction of sp³-hybridized carbons (Fsp3) is 0.323. The molecule has 1 amide bonds. The maximum absolute atomic E-state index is 13.1. The van der Waals surface area contributed by atoms with Gasteiger partial charge < -0.3 is 25.5 Å². The van der Waals surface area contributed by atoms with E-state index in [1.165, 1.54) is 6.07 Å². The minimum Gasteiger partial charge on any atom is -0.478 e. The second-order valence-electron chi connectivity index (χ2n) is 10.8. The van der Waals surface area contributed by atoms with Gasteiger partial charge in [-0.3, -0.25) is 4.79 Å². The molecule has 1 heterocycles. The van der Waals surface area contributed by atoms with Crippen molar-refractivity contribution in [1.82, 2.24) is 9.89 Å². The van der Waals surface area contributed by atoms with Gasteiger partial charge in [-0.25, -0.2) is 9.37 Å². The molecular formula is C31H35N4O4+. The van der Waals surface area contributed by atoms with Crippen LogP contribution in [0, 0.1) is 0 Å². The van der Waals surface area contributed by atoms with Gasteiger partial charge in [-0.2, -0.15) is 0 Å². The molecule has 1 fully saturated rings. The predicted octanol–water partition coefficient (Wildman–Crippen LogP) is 4.00. The average Bonchev–Trinajstić information content (AvgIpc) is 2.91. The number of amides is 1. The Labute approximate surface area is 227 Å². The number of hydrogen-bond donors (Lipinski definition) is 3. The summed E-state index contributed by atoms with van der Waals surface area (Å²) in [5.74, 6) is -0.720. The summed E-state index contributed by atoms with van der Waals surface area (Å²) in [6.07, 6.45) is 3.39. The fourth-order valence-corrected chi connectivity index (χ4v) is 5.33. The van der Waals surface area contributed by atoms with Gasteiger partial charge in [0.2, 0.25) is 5.36 Å². The molecule has 8 nitrogen and oxygen atoms in total. The molecule has 3 aliphatic rings. The number of carbonyl (C=O) groups excluding carboxylic acids is 1. The van der Waals surface area contributed by atoms with Crippen LogP contribution in [-0.4, -0.2) is 57.3 Å². The SMILES string of the molecule is CN(C)c1ccc2c(-c3ccc(C(=O)NC4CCC(N)CC4)cc3C(=O)O)c3ccc(=[N+](C)C)cc-3oc2c1. The lowest BCUT2D eigenvalue weighted by molar-refractivity contribution is 0.0697. The molecule has 2 aromatic rings. The molecule has 1 aliphatic heterocycles. The number of aromatic carboxylic acids is 1. The molecule has 8 heteroatoms. The van der Waals surface area contributed by atoms with Crippen molar-refractivity contribution in [3.63, 3.8) is 0 Å². The minimum absolute atomic E-state index is 0.0469. The normalized spacial score (nSPS) is 17.3. The lowest BCUT2D eigenvalue weighted by atomic mass is 9.89. The number of anilines is 1. The topological polar surface area (TPSA) is 112 Å². The Morgan fingerprint density at radius 2 is 1.69 bits per heavy atom. The van der Waals surface area contributed by atoms with Crippen molar-refractivity contribution in [2.75, 3.05) is 33.1 Å². The second-order valence-corrected chi connectivity index (χ2v) is 10.8. The van der Waals surface area contributed by atoms with Crippen LogP contribution in [-0.2, 0) is 0 Å². The lowest BCUT2D eigenvalue weighted by Gasteiger charge is -2.27. The lowest BCUT2D eigenvalue weighted by Crippen LogP contribution is -2.40. The van der Waals surface area contributed by atoms with Crippen molar-refractivity contribution in [2.45, 2.75) is 37.8 Å². The van der Waals surface area contributed by atoms with E-state index >= 15 is 0 Å². The number of hydrogen-bond acceptors (Lipinski definition) is 5. The molecular weight excluding hydrogens is 492 g/mol. The van der Waals surface area contributed by atoms with E-state index in [1.807, 2.05) is 74.1 Å². The van der Waals surface area contributed by atoms with Crippen molar-refractivity contribution < 1.29 is 19.1 Å². The van der Waals surface area contributed by atoms with Crippen LogP contribution in [0.3, 0.4) is 0 Å². The number of carbonyl (C=O) groups is 2. The first-order chi connectivity index (χ1) is 18.6. The third-order valence-corrected chi connectivity index (χ3v) is 7.61. The Morgan fingerprint density at radius 3 is 2.36 bits per heavy atom. The molecule has 0 radical (unpaired) electrons. The molecule has 1 saturated carbocycles. The highest BCUT2D eigenvalue weighted by atomic mass is 16.4. The van der Waals surface area contributed by atoms with Crippen LogP contribution in [0.5, 0.6) is 0 Å². The number of rotatable bonds is 5. The second kappa shape index (κ2) is 10.5. The summed E-state index contributed by atoms with van der Waals surface area (Å²) in [4.78, 5) is 27.6. The minimum atomic E-state index is -1.10. The van der Waals surface area contributed by atoms with Crippen molar-refractivity contribution in [1.29, 1.82) is 0 Å². The zero-order valence-electron chi connectivity index (χ0n) is 22.8. The van der Waals surface area contributed by atoms with Crippen molar-refractivity contribution >= 4 is 28.5 Å². The predicted molar refractivity (Wildman–Crippen MR) is 154 cm³/mol. The molecule has 0 saturated heterocycles. The van der Waals surface area contributed by atoms with Crippen molar-refractivity contribution in [2.24, 2.45) is 5.73 Å². The van der Waals surface area contributed by atoms with Gasteiger partial charge in [0, 0.05) is 66.1 Å². The van der Waals surface area contributed by atoms with Crippen LogP contribution in [0.4, 0.5) is 5.69 Å². The standard InChI is InChI=1S/C31H34N4O4/c1-34(2)21-10-13-24-27(16-21)39-28-17-22(35(3)4)11-14-25(28)29(24)23-12-5-18(15-26(23)31(37)38)30(36)33-20-8-6-19(32)7-9-20/h5,10-17,19-20H,6-9,32H2,1-4H3,(H-,33,36,37,38)/p+1. The van der Waals surface area contributed by atoms with Gasteiger partial charge in [0.25, 0.3) is 5.91 Å². The molecule has 0 aromatic heterocycles. The summed E-state index contributed by atoms with van der Waals surface area (Å²) in [5.41, 5.74) is 10.1. The third-order valence-electron chi connectivity index (χ3n) is 7.61. The Bertz CT molecular complexity index is 1610. The number of carboxylic acid groups (broad SMARTS) is 1. The number of carboxylic acids is 1. The molecule has 4 N–H and O–H groups in total. The largest absolute Gasteiger partial charge is 0.478 e. The Kier molecular flexibility index (Phi) is 7.14. The van der Waals surface area contributed by atoms with Crippen LogP contribution >= 0.6 is 0 Å². The maximum atomic E-state index is 13.1. The van der Waals surface area contributed by atoms with E-state index in [0.29, 0.717) is 22.5 Å².